The summed E-state index contributed by atoms with van der Waals surface area (Å²) in [5, 5.41) is 8.67. The van der Waals surface area contributed by atoms with Crippen LogP contribution in [0.1, 0.15) is 99.8 Å². The molecule has 53 heavy (non-hydrogen) atoms. The summed E-state index contributed by atoms with van der Waals surface area (Å²) in [5.74, 6) is -1.56. The quantitative estimate of drug-likeness (QED) is 0.0690. The van der Waals surface area contributed by atoms with Gasteiger partial charge in [-0.05, 0) is 73.5 Å². The maximum Gasteiger partial charge on any atom is 0.407 e. The lowest BCUT2D eigenvalue weighted by Crippen LogP contribution is -2.50. The zero-order valence-electron chi connectivity index (χ0n) is 32.6. The van der Waals surface area contributed by atoms with Crippen LogP contribution in [0.5, 0.6) is 0 Å². The number of alkyl carbamates (subject to hydrolysis) is 3. The molecule has 5 atom stereocenters. The van der Waals surface area contributed by atoms with Crippen LogP contribution in [0.3, 0.4) is 0 Å². The highest BCUT2D eigenvalue weighted by atomic mass is 16.6. The van der Waals surface area contributed by atoms with E-state index < -0.39 is 36.3 Å². The maximum atomic E-state index is 12.9. The summed E-state index contributed by atoms with van der Waals surface area (Å²) in [6.45, 7) is 20.8. The van der Waals surface area contributed by atoms with Gasteiger partial charge in [0, 0.05) is 37.2 Å². The van der Waals surface area contributed by atoms with Gasteiger partial charge in [0.1, 0.15) is 39.1 Å². The third-order valence-electron chi connectivity index (χ3n) is 9.37. The van der Waals surface area contributed by atoms with Crippen molar-refractivity contribution in [3.63, 3.8) is 0 Å². The predicted molar refractivity (Wildman–Crippen MR) is 194 cm³/mol. The first-order valence-electron chi connectivity index (χ1n) is 18.2. The number of carbonyl (C=O) groups excluding carboxylic acids is 6. The minimum Gasteiger partial charge on any atom is -0.462 e. The van der Waals surface area contributed by atoms with E-state index in [2.05, 4.69) is 63.7 Å². The van der Waals surface area contributed by atoms with Gasteiger partial charge < -0.3 is 44.4 Å². The van der Waals surface area contributed by atoms with Gasteiger partial charge in [-0.15, -0.1) is 0 Å². The van der Waals surface area contributed by atoms with Crippen LogP contribution in [0.2, 0.25) is 0 Å². The van der Waals surface area contributed by atoms with E-state index in [1.54, 1.807) is 6.92 Å². The molecule has 300 valence electrons. The Kier molecular flexibility index (Phi) is 17.1. The van der Waals surface area contributed by atoms with Gasteiger partial charge in [-0.25, -0.2) is 24.0 Å². The van der Waals surface area contributed by atoms with Crippen LogP contribution in [0, 0.1) is 21.7 Å². The van der Waals surface area contributed by atoms with Gasteiger partial charge in [0.05, 0.1) is 0 Å². The fourth-order valence-corrected chi connectivity index (χ4v) is 8.12. The molecular formula is C38H61N3O12. The molecule has 0 heterocycles. The summed E-state index contributed by atoms with van der Waals surface area (Å²) in [5.41, 5.74) is -0.834. The normalized spacial score (nSPS) is 24.9. The summed E-state index contributed by atoms with van der Waals surface area (Å²) in [6, 6.07) is -0.391. The average molecular weight is 752 g/mol. The van der Waals surface area contributed by atoms with E-state index in [-0.39, 0.29) is 79.2 Å². The molecule has 3 N–H and O–H groups in total. The van der Waals surface area contributed by atoms with Crippen LogP contribution in [-0.4, -0.2) is 94.0 Å². The molecule has 0 radical (unpaired) electrons. The Morgan fingerprint density at radius 2 is 1.15 bits per heavy atom. The molecule has 0 spiro atoms. The number of ether oxygens (including phenoxy) is 6. The lowest BCUT2D eigenvalue weighted by molar-refractivity contribution is -0.150. The standard InChI is InChI=1S/C38H61N3O12/c1-10-29(42)48-14-15-50-31(44)12-13-37(8)20-27(18-35(4,5)23-37)41-34(47)53-26(3)22-52-32(45)39-25-38(9)21-28(19-36(6,7)24-38)40-33(46)51-17-16-49-30(43)11-2/h10-11,26-28H,1-2,12-25H2,3-9H3,(H,39,45)(H,40,46)(H,41,47). The first-order chi connectivity index (χ1) is 24.7. The van der Waals surface area contributed by atoms with E-state index in [0.717, 1.165) is 31.4 Å². The molecule has 0 aliphatic heterocycles. The van der Waals surface area contributed by atoms with Crippen LogP contribution in [0.15, 0.2) is 25.3 Å². The number of hydrogen-bond acceptors (Lipinski definition) is 12. The van der Waals surface area contributed by atoms with E-state index in [1.165, 1.54) is 0 Å². The van der Waals surface area contributed by atoms with Gasteiger partial charge in [0.25, 0.3) is 0 Å². The van der Waals surface area contributed by atoms with Gasteiger partial charge in [-0.3, -0.25) is 4.79 Å². The maximum absolute atomic E-state index is 12.9. The van der Waals surface area contributed by atoms with Crippen LogP contribution in [-0.2, 0) is 42.8 Å². The monoisotopic (exact) mass is 751 g/mol. The summed E-state index contributed by atoms with van der Waals surface area (Å²) in [4.78, 5) is 72.5. The van der Waals surface area contributed by atoms with Crippen LogP contribution < -0.4 is 16.0 Å². The second kappa shape index (κ2) is 20.2. The van der Waals surface area contributed by atoms with E-state index in [9.17, 15) is 28.8 Å². The molecule has 0 aromatic carbocycles. The Balaban J connectivity index is 1.77. The van der Waals surface area contributed by atoms with Crippen molar-refractivity contribution in [1.29, 1.82) is 0 Å². The third kappa shape index (κ3) is 17.9. The molecule has 2 fully saturated rings. The lowest BCUT2D eigenvalue weighted by Gasteiger charge is -2.46. The van der Waals surface area contributed by atoms with Gasteiger partial charge in [0.2, 0.25) is 0 Å². The number of carbonyl (C=O) groups is 6. The second-order valence-corrected chi connectivity index (χ2v) is 16.6. The fraction of sp³-hybridized carbons (Fsp3) is 0.737. The Morgan fingerprint density at radius 3 is 1.72 bits per heavy atom. The van der Waals surface area contributed by atoms with Crippen molar-refractivity contribution < 1.29 is 57.2 Å². The average Bonchev–Trinajstić information content (AvgIpc) is 3.03. The Bertz CT molecular complexity index is 1320. The lowest BCUT2D eigenvalue weighted by atomic mass is 9.61. The second-order valence-electron chi connectivity index (χ2n) is 16.6. The van der Waals surface area contributed by atoms with Crippen molar-refractivity contribution in [3.8, 4) is 0 Å². The fourth-order valence-electron chi connectivity index (χ4n) is 8.12. The highest BCUT2D eigenvalue weighted by Crippen LogP contribution is 2.49. The van der Waals surface area contributed by atoms with E-state index >= 15 is 0 Å². The molecule has 0 bridgehead atoms. The molecule has 0 aromatic heterocycles. The molecule has 15 nitrogen and oxygen atoms in total. The van der Waals surface area contributed by atoms with Crippen LogP contribution >= 0.6 is 0 Å². The highest BCUT2D eigenvalue weighted by Gasteiger charge is 2.43. The molecule has 0 saturated heterocycles. The van der Waals surface area contributed by atoms with E-state index in [0.29, 0.717) is 32.2 Å². The molecule has 15 heteroatoms. The molecule has 3 amide bonds. The van der Waals surface area contributed by atoms with Gasteiger partial charge in [-0.1, -0.05) is 54.7 Å². The molecule has 2 saturated carbocycles. The summed E-state index contributed by atoms with van der Waals surface area (Å²) in [6.07, 6.45) is 4.55. The number of esters is 3. The number of amides is 3. The van der Waals surface area contributed by atoms with E-state index in [4.69, 9.17) is 28.4 Å². The molecule has 5 unspecified atom stereocenters. The first-order valence-corrected chi connectivity index (χ1v) is 18.2. The molecule has 2 rings (SSSR count). The molecule has 2 aliphatic carbocycles. The Morgan fingerprint density at radius 1 is 0.660 bits per heavy atom. The van der Waals surface area contributed by atoms with Crippen molar-refractivity contribution in [1.82, 2.24) is 16.0 Å². The van der Waals surface area contributed by atoms with Crippen molar-refractivity contribution in [2.24, 2.45) is 21.7 Å². The molecular weight excluding hydrogens is 690 g/mol. The zero-order valence-corrected chi connectivity index (χ0v) is 32.6. The van der Waals surface area contributed by atoms with Crippen molar-refractivity contribution in [3.05, 3.63) is 25.3 Å². The smallest absolute Gasteiger partial charge is 0.407 e. The summed E-state index contributed by atoms with van der Waals surface area (Å²) >= 11 is 0. The van der Waals surface area contributed by atoms with Crippen molar-refractivity contribution in [2.45, 2.75) is 118 Å². The Labute approximate surface area is 313 Å². The van der Waals surface area contributed by atoms with Crippen LogP contribution in [0.25, 0.3) is 0 Å². The van der Waals surface area contributed by atoms with Gasteiger partial charge >= 0.3 is 36.2 Å². The van der Waals surface area contributed by atoms with Gasteiger partial charge in [0.15, 0.2) is 0 Å². The summed E-state index contributed by atoms with van der Waals surface area (Å²) < 4.78 is 30.8. The predicted octanol–water partition coefficient (Wildman–Crippen LogP) is 5.51. The molecule has 2 aliphatic rings. The van der Waals surface area contributed by atoms with Crippen molar-refractivity contribution in [2.75, 3.05) is 39.6 Å². The Hall–Kier alpha value is -4.30. The minimum absolute atomic E-state index is 0.0311. The number of rotatable bonds is 18. The van der Waals surface area contributed by atoms with Gasteiger partial charge in [-0.2, -0.15) is 0 Å². The van der Waals surface area contributed by atoms with Crippen molar-refractivity contribution >= 4 is 36.2 Å². The third-order valence-corrected chi connectivity index (χ3v) is 9.37. The zero-order chi connectivity index (χ0) is 39.9. The largest absolute Gasteiger partial charge is 0.462 e. The number of hydrogen-bond donors (Lipinski definition) is 3. The number of nitrogens with one attached hydrogen (secondary N) is 3. The van der Waals surface area contributed by atoms with Crippen LogP contribution in [0.4, 0.5) is 14.4 Å². The molecule has 0 aromatic rings. The SMILES string of the molecule is C=CC(=O)OCCOC(=O)CCC1(C)CC(NC(=O)OC(C)COC(=O)NCC2(C)CC(NC(=O)OCCOC(=O)C=C)CC(C)(C)C2)CC(C)(C)C1. The highest BCUT2D eigenvalue weighted by molar-refractivity contribution is 5.81. The first kappa shape index (κ1) is 44.9. The summed E-state index contributed by atoms with van der Waals surface area (Å²) in [7, 11) is 0. The minimum atomic E-state index is -0.714. The topological polar surface area (TPSA) is 194 Å². The van der Waals surface area contributed by atoms with E-state index in [1.807, 2.05) is 6.92 Å².